The number of rotatable bonds is 5. The summed E-state index contributed by atoms with van der Waals surface area (Å²) >= 11 is 9.79. The van der Waals surface area contributed by atoms with Gasteiger partial charge in [0.1, 0.15) is 6.00 Å². The van der Waals surface area contributed by atoms with Crippen molar-refractivity contribution in [1.82, 2.24) is 4.57 Å². The summed E-state index contributed by atoms with van der Waals surface area (Å²) in [7, 11) is 0. The first-order chi connectivity index (χ1) is 21.7. The van der Waals surface area contributed by atoms with Crippen LogP contribution in [-0.4, -0.2) is 23.0 Å². The fraction of sp³-hybridized carbons (Fsp3) is 0.0526. The van der Waals surface area contributed by atoms with Crippen molar-refractivity contribution in [2.45, 2.75) is 11.8 Å². The summed E-state index contributed by atoms with van der Waals surface area (Å²) in [6.07, 6.45) is 8.34. The highest BCUT2D eigenvalue weighted by Crippen LogP contribution is 2.50. The van der Waals surface area contributed by atoms with E-state index in [1.165, 1.54) is 41.7 Å². The maximum atomic E-state index is 6.26. The molecule has 0 amide bonds. The molecule has 0 atom stereocenters. The Kier molecular flexibility index (Phi) is 6.75. The zero-order valence-electron chi connectivity index (χ0n) is 23.9. The lowest BCUT2D eigenvalue weighted by molar-refractivity contribution is 1.18. The summed E-state index contributed by atoms with van der Waals surface area (Å²) in [6.45, 7) is 6.18. The van der Waals surface area contributed by atoms with Crippen LogP contribution >= 0.6 is 34.7 Å². The number of hydrogen-bond donors (Lipinski definition) is 0. The first-order valence-electron chi connectivity index (χ1n) is 14.4. The van der Waals surface area contributed by atoms with Crippen molar-refractivity contribution in [3.05, 3.63) is 125 Å². The van der Waals surface area contributed by atoms with E-state index >= 15 is 0 Å². The molecule has 0 radical (unpaired) electrons. The number of fused-ring (bicyclic) bond motifs is 11. The average Bonchev–Trinajstić information content (AvgIpc) is 3.73. The molecule has 44 heavy (non-hydrogen) atoms. The molecule has 212 valence electrons. The minimum atomic E-state index is 0.164. The van der Waals surface area contributed by atoms with Gasteiger partial charge in [-0.25, -0.2) is 4.99 Å². The van der Waals surface area contributed by atoms with E-state index in [1.807, 2.05) is 30.4 Å². The fourth-order valence-corrected chi connectivity index (χ4v) is 8.96. The molecular formula is C38H26ClN3S2. The van der Waals surface area contributed by atoms with Gasteiger partial charge in [-0.2, -0.15) is 0 Å². The molecule has 6 heteroatoms. The molecule has 0 fully saturated rings. The van der Waals surface area contributed by atoms with Crippen LogP contribution in [0, 0.1) is 0 Å². The largest absolute Gasteiger partial charge is 0.292 e. The van der Waals surface area contributed by atoms with Gasteiger partial charge >= 0.3 is 0 Å². The molecule has 3 heterocycles. The number of alkyl halides is 1. The Morgan fingerprint density at radius 3 is 2.45 bits per heavy atom. The molecule has 0 bridgehead atoms. The van der Waals surface area contributed by atoms with Crippen LogP contribution in [0.5, 0.6) is 0 Å². The van der Waals surface area contributed by atoms with E-state index in [-0.39, 0.29) is 6.00 Å². The second kappa shape index (κ2) is 10.9. The summed E-state index contributed by atoms with van der Waals surface area (Å²) in [4.78, 5) is 11.7. The Morgan fingerprint density at radius 2 is 1.64 bits per heavy atom. The van der Waals surface area contributed by atoms with Gasteiger partial charge in [0, 0.05) is 46.8 Å². The van der Waals surface area contributed by atoms with Gasteiger partial charge in [-0.1, -0.05) is 103 Å². The van der Waals surface area contributed by atoms with E-state index in [9.17, 15) is 0 Å². The molecule has 0 N–H and O–H groups in total. The predicted molar refractivity (Wildman–Crippen MR) is 196 cm³/mol. The van der Waals surface area contributed by atoms with Crippen LogP contribution in [0.15, 0.2) is 129 Å². The van der Waals surface area contributed by atoms with Crippen molar-refractivity contribution >= 4 is 112 Å². The van der Waals surface area contributed by atoms with Crippen LogP contribution in [0.3, 0.4) is 0 Å². The Morgan fingerprint density at radius 1 is 0.864 bits per heavy atom. The molecule has 0 spiro atoms. The first kappa shape index (κ1) is 27.2. The van der Waals surface area contributed by atoms with Gasteiger partial charge in [0.25, 0.3) is 0 Å². The maximum absolute atomic E-state index is 6.26. The predicted octanol–water partition coefficient (Wildman–Crippen LogP) is 11.5. The quantitative estimate of drug-likeness (QED) is 0.0811. The third-order valence-corrected chi connectivity index (χ3v) is 10.7. The molecule has 1 aliphatic rings. The van der Waals surface area contributed by atoms with Crippen molar-refractivity contribution in [3.8, 4) is 0 Å². The second-order valence-corrected chi connectivity index (χ2v) is 12.9. The van der Waals surface area contributed by atoms with E-state index in [0.29, 0.717) is 0 Å². The van der Waals surface area contributed by atoms with Crippen LogP contribution in [0.1, 0.15) is 18.1 Å². The van der Waals surface area contributed by atoms with Crippen LogP contribution in [0.4, 0.5) is 0 Å². The van der Waals surface area contributed by atoms with Gasteiger partial charge in [-0.15, -0.1) is 22.9 Å². The van der Waals surface area contributed by atoms with Gasteiger partial charge in [0.05, 0.1) is 21.7 Å². The number of thioether (sulfide) groups is 1. The van der Waals surface area contributed by atoms with Crippen molar-refractivity contribution in [3.63, 3.8) is 0 Å². The van der Waals surface area contributed by atoms with E-state index in [4.69, 9.17) is 21.6 Å². The first-order valence-corrected chi connectivity index (χ1v) is 16.6. The number of nitrogens with zero attached hydrogens (tertiary/aromatic N) is 3. The SMILES string of the molecule is C=N/C(=C1/Sc2ccccc2/C1=N/CCl)n1c2ccc(/C=C\C=C/C)cc2c2c3ccccc3c3sc4ccccc4c3c21. The standard InChI is InChI=1S/C38H26ClN3S2/c1-3-4-5-12-23-19-20-29-28(21-23)32-24-13-6-7-14-25(24)36-33(26-15-8-10-17-30(26)43-36)35(32)42(29)38(40-2)37-34(41-22-39)27-16-9-11-18-31(27)44-37/h3-21H,2,22H2,1H3/b4-3-,12-5-,38-37-,41-34-. The lowest BCUT2D eigenvalue weighted by Gasteiger charge is -2.13. The maximum Gasteiger partial charge on any atom is 0.153 e. The molecule has 0 saturated carbocycles. The van der Waals surface area contributed by atoms with Crippen LogP contribution in [0.2, 0.25) is 0 Å². The number of aromatic nitrogens is 1. The van der Waals surface area contributed by atoms with Crippen LogP contribution < -0.4 is 0 Å². The fourth-order valence-electron chi connectivity index (χ4n) is 6.43. The summed E-state index contributed by atoms with van der Waals surface area (Å²) in [5, 5.41) is 7.36. The Balaban J connectivity index is 1.61. The molecule has 3 nitrogen and oxygen atoms in total. The van der Waals surface area contributed by atoms with Crippen LogP contribution in [0.25, 0.3) is 64.6 Å². The number of benzene rings is 5. The Hall–Kier alpha value is -4.42. The Bertz CT molecular complexity index is 2440. The number of thiophene rings is 1. The monoisotopic (exact) mass is 623 g/mol. The summed E-state index contributed by atoms with van der Waals surface area (Å²) in [5.41, 5.74) is 5.28. The van der Waals surface area contributed by atoms with Gasteiger partial charge in [-0.3, -0.25) is 9.56 Å². The zero-order chi connectivity index (χ0) is 29.8. The van der Waals surface area contributed by atoms with Gasteiger partial charge in [0.15, 0.2) is 5.82 Å². The zero-order valence-corrected chi connectivity index (χ0v) is 26.3. The Labute approximate surface area is 268 Å². The van der Waals surface area contributed by atoms with E-state index in [2.05, 4.69) is 114 Å². The highest BCUT2D eigenvalue weighted by Gasteiger charge is 2.30. The molecule has 0 saturated heterocycles. The molecular weight excluding hydrogens is 598 g/mol. The molecule has 1 aliphatic heterocycles. The van der Waals surface area contributed by atoms with E-state index < -0.39 is 0 Å². The van der Waals surface area contributed by atoms with Gasteiger partial charge in [-0.05, 0) is 48.9 Å². The number of allylic oxidation sites excluding steroid dienone is 4. The van der Waals surface area contributed by atoms with Crippen molar-refractivity contribution < 1.29 is 0 Å². The molecule has 2 aromatic heterocycles. The highest BCUT2D eigenvalue weighted by molar-refractivity contribution is 8.05. The smallest absolute Gasteiger partial charge is 0.153 e. The average molecular weight is 624 g/mol. The van der Waals surface area contributed by atoms with Crippen molar-refractivity contribution in [2.75, 3.05) is 6.00 Å². The summed E-state index contributed by atoms with van der Waals surface area (Å²) < 4.78 is 4.86. The molecule has 8 rings (SSSR count). The number of hydrogen-bond acceptors (Lipinski definition) is 4. The molecule has 0 aliphatic carbocycles. The lowest BCUT2D eigenvalue weighted by Crippen LogP contribution is -2.05. The van der Waals surface area contributed by atoms with E-state index in [0.717, 1.165) is 43.5 Å². The normalized spacial score (nSPS) is 15.7. The van der Waals surface area contributed by atoms with Crippen LogP contribution in [-0.2, 0) is 0 Å². The van der Waals surface area contributed by atoms with E-state index in [1.54, 1.807) is 11.8 Å². The topological polar surface area (TPSA) is 29.6 Å². The number of halogens is 1. The molecule has 7 aromatic rings. The lowest BCUT2D eigenvalue weighted by atomic mass is 9.99. The van der Waals surface area contributed by atoms with Crippen molar-refractivity contribution in [1.29, 1.82) is 0 Å². The van der Waals surface area contributed by atoms with Gasteiger partial charge < -0.3 is 0 Å². The second-order valence-electron chi connectivity index (χ2n) is 10.6. The minimum absolute atomic E-state index is 0.164. The molecule has 0 unspecified atom stereocenters. The summed E-state index contributed by atoms with van der Waals surface area (Å²) in [6, 6.07) is 32.7. The number of aliphatic imine (C=N–C) groups is 2. The summed E-state index contributed by atoms with van der Waals surface area (Å²) in [5.74, 6) is 0.763. The highest BCUT2D eigenvalue weighted by atomic mass is 35.5. The van der Waals surface area contributed by atoms with Crippen molar-refractivity contribution in [2.24, 2.45) is 9.98 Å². The third-order valence-electron chi connectivity index (χ3n) is 8.21. The molecule has 5 aromatic carbocycles. The van der Waals surface area contributed by atoms with Gasteiger partial charge in [0.2, 0.25) is 0 Å². The minimum Gasteiger partial charge on any atom is -0.292 e. The third kappa shape index (κ3) is 4.04.